The van der Waals surface area contributed by atoms with Crippen LogP contribution in [0.3, 0.4) is 0 Å². The van der Waals surface area contributed by atoms with Gasteiger partial charge in [0.1, 0.15) is 0 Å². The third-order valence-electron chi connectivity index (χ3n) is 1.84. The van der Waals surface area contributed by atoms with Crippen molar-refractivity contribution in [1.29, 1.82) is 0 Å². The Morgan fingerprint density at radius 3 is 2.38 bits per heavy atom. The van der Waals surface area contributed by atoms with Crippen molar-refractivity contribution in [2.75, 3.05) is 13.2 Å². The van der Waals surface area contributed by atoms with Crippen LogP contribution in [0.2, 0.25) is 6.32 Å². The van der Waals surface area contributed by atoms with Crippen molar-refractivity contribution in [3.63, 3.8) is 0 Å². The summed E-state index contributed by atoms with van der Waals surface area (Å²) in [4.78, 5) is 0. The van der Waals surface area contributed by atoms with Crippen LogP contribution in [-0.4, -0.2) is 20.3 Å². The van der Waals surface area contributed by atoms with E-state index < -0.39 is 0 Å². The first kappa shape index (κ1) is 10.8. The summed E-state index contributed by atoms with van der Waals surface area (Å²) in [6.45, 7) is 8.24. The van der Waals surface area contributed by atoms with E-state index in [0.29, 0.717) is 0 Å². The summed E-state index contributed by atoms with van der Waals surface area (Å²) in [6, 6.07) is 0. The summed E-state index contributed by atoms with van der Waals surface area (Å²) >= 11 is 0. The van der Waals surface area contributed by atoms with Crippen molar-refractivity contribution in [3.8, 4) is 0 Å². The van der Waals surface area contributed by atoms with Crippen molar-refractivity contribution in [2.45, 2.75) is 33.5 Å². The zero-order chi connectivity index (χ0) is 9.73. The Balaban J connectivity index is 2.21. The van der Waals surface area contributed by atoms with Crippen molar-refractivity contribution in [1.82, 2.24) is 0 Å². The molecule has 0 aromatic rings. The number of hydrogen-bond donors (Lipinski definition) is 0. The zero-order valence-corrected chi connectivity index (χ0v) is 8.88. The van der Waals surface area contributed by atoms with Crippen molar-refractivity contribution < 1.29 is 9.31 Å². The van der Waals surface area contributed by atoms with E-state index in [9.17, 15) is 0 Å². The Morgan fingerprint density at radius 1 is 1.23 bits per heavy atom. The van der Waals surface area contributed by atoms with Crippen LogP contribution in [0.5, 0.6) is 0 Å². The van der Waals surface area contributed by atoms with Crippen LogP contribution in [0.1, 0.15) is 27.2 Å². The topological polar surface area (TPSA) is 18.5 Å². The molecule has 0 spiro atoms. The van der Waals surface area contributed by atoms with E-state index >= 15 is 0 Å². The predicted octanol–water partition coefficient (Wildman–Crippen LogP) is 2.51. The normalized spacial score (nSPS) is 19.8. The zero-order valence-electron chi connectivity index (χ0n) is 8.88. The van der Waals surface area contributed by atoms with Gasteiger partial charge in [0.15, 0.2) is 0 Å². The first-order chi connectivity index (χ1) is 6.08. The van der Waals surface area contributed by atoms with Gasteiger partial charge in [-0.25, -0.2) is 0 Å². The van der Waals surface area contributed by atoms with Gasteiger partial charge in [-0.3, -0.25) is 0 Å². The van der Waals surface area contributed by atoms with Gasteiger partial charge in [0.05, 0.1) is 0 Å². The lowest BCUT2D eigenvalue weighted by atomic mass is 9.82. The molecule has 13 heavy (non-hydrogen) atoms. The van der Waals surface area contributed by atoms with E-state index in [4.69, 9.17) is 9.31 Å². The van der Waals surface area contributed by atoms with Gasteiger partial charge in [0.2, 0.25) is 0 Å². The second-order valence-electron chi connectivity index (χ2n) is 4.53. The number of rotatable bonds is 2. The van der Waals surface area contributed by atoms with Crippen LogP contribution in [0.15, 0.2) is 12.2 Å². The third kappa shape index (κ3) is 5.11. The second-order valence-corrected chi connectivity index (χ2v) is 4.53. The molecule has 2 nitrogen and oxygen atoms in total. The maximum absolute atomic E-state index is 5.42. The molecule has 0 atom stereocenters. The minimum absolute atomic E-state index is 0.00708. The molecule has 1 fully saturated rings. The molecule has 1 aliphatic heterocycles. The molecule has 1 aliphatic rings. The SMILES string of the molecule is CC(C)(C)/C=C/CB1OCCCO1. The highest BCUT2D eigenvalue weighted by atomic mass is 16.6. The highest BCUT2D eigenvalue weighted by Gasteiger charge is 2.19. The smallest absolute Gasteiger partial charge is 0.411 e. The van der Waals surface area contributed by atoms with Crippen molar-refractivity contribution >= 4 is 7.12 Å². The second kappa shape index (κ2) is 4.82. The molecule has 0 saturated carbocycles. The molecular formula is C10H19BO2. The highest BCUT2D eigenvalue weighted by Crippen LogP contribution is 2.16. The summed E-state index contributed by atoms with van der Waals surface area (Å²) < 4.78 is 10.8. The van der Waals surface area contributed by atoms with Crippen molar-refractivity contribution in [3.05, 3.63) is 12.2 Å². The van der Waals surface area contributed by atoms with E-state index in [1.807, 2.05) is 0 Å². The lowest BCUT2D eigenvalue weighted by Crippen LogP contribution is -2.28. The lowest BCUT2D eigenvalue weighted by molar-refractivity contribution is 0.136. The molecule has 0 amide bonds. The fraction of sp³-hybridized carbons (Fsp3) is 0.800. The van der Waals surface area contributed by atoms with E-state index in [-0.39, 0.29) is 12.5 Å². The van der Waals surface area contributed by atoms with Crippen LogP contribution in [0.25, 0.3) is 0 Å². The summed E-state index contributed by atoms with van der Waals surface area (Å²) in [5.74, 6) is 0. The Kier molecular flexibility index (Phi) is 4.01. The van der Waals surface area contributed by atoms with Gasteiger partial charge >= 0.3 is 7.12 Å². The minimum Gasteiger partial charge on any atom is -0.411 e. The van der Waals surface area contributed by atoms with Gasteiger partial charge in [-0.2, -0.15) is 0 Å². The van der Waals surface area contributed by atoms with Crippen LogP contribution >= 0.6 is 0 Å². The van der Waals surface area contributed by atoms with E-state index in [0.717, 1.165) is 26.0 Å². The Hall–Kier alpha value is -0.275. The number of allylic oxidation sites excluding steroid dienone is 2. The molecular weight excluding hydrogens is 163 g/mol. The van der Waals surface area contributed by atoms with Crippen LogP contribution in [0.4, 0.5) is 0 Å². The molecule has 0 unspecified atom stereocenters. The van der Waals surface area contributed by atoms with E-state index in [1.54, 1.807) is 0 Å². The molecule has 1 heterocycles. The highest BCUT2D eigenvalue weighted by molar-refractivity contribution is 6.45. The van der Waals surface area contributed by atoms with Crippen molar-refractivity contribution in [2.24, 2.45) is 5.41 Å². The molecule has 0 aliphatic carbocycles. The van der Waals surface area contributed by atoms with Crippen LogP contribution < -0.4 is 0 Å². The van der Waals surface area contributed by atoms with Crippen LogP contribution in [-0.2, 0) is 9.31 Å². The monoisotopic (exact) mass is 182 g/mol. The number of hydrogen-bond acceptors (Lipinski definition) is 2. The Labute approximate surface area is 81.4 Å². The predicted molar refractivity (Wildman–Crippen MR) is 55.7 cm³/mol. The van der Waals surface area contributed by atoms with Gasteiger partial charge < -0.3 is 9.31 Å². The molecule has 3 heteroatoms. The average Bonchev–Trinajstić information content (AvgIpc) is 2.04. The van der Waals surface area contributed by atoms with E-state index in [1.165, 1.54) is 0 Å². The molecule has 0 aromatic carbocycles. The first-order valence-electron chi connectivity index (χ1n) is 4.99. The maximum Gasteiger partial charge on any atom is 0.460 e. The Morgan fingerprint density at radius 2 is 1.85 bits per heavy atom. The standard InChI is InChI=1S/C10H19BO2/c1-10(2,3)6-4-7-11-12-8-5-9-13-11/h4,6H,5,7-9H2,1-3H3/b6-4+. The molecule has 74 valence electrons. The van der Waals surface area contributed by atoms with Gasteiger partial charge in [-0.15, -0.1) is 0 Å². The van der Waals surface area contributed by atoms with Gasteiger partial charge in [0.25, 0.3) is 0 Å². The fourth-order valence-corrected chi connectivity index (χ4v) is 1.21. The summed E-state index contributed by atoms with van der Waals surface area (Å²) in [6.07, 6.45) is 6.25. The minimum atomic E-state index is -0.00708. The largest absolute Gasteiger partial charge is 0.460 e. The van der Waals surface area contributed by atoms with E-state index in [2.05, 4.69) is 32.9 Å². The van der Waals surface area contributed by atoms with Gasteiger partial charge in [-0.05, 0) is 11.8 Å². The Bertz CT molecular complexity index is 166. The van der Waals surface area contributed by atoms with Gasteiger partial charge in [-0.1, -0.05) is 32.9 Å². The van der Waals surface area contributed by atoms with Gasteiger partial charge in [0, 0.05) is 19.5 Å². The molecule has 1 saturated heterocycles. The lowest BCUT2D eigenvalue weighted by Gasteiger charge is -2.19. The molecule has 0 radical (unpaired) electrons. The summed E-state index contributed by atoms with van der Waals surface area (Å²) in [5, 5.41) is 0. The quantitative estimate of drug-likeness (QED) is 0.482. The fourth-order valence-electron chi connectivity index (χ4n) is 1.21. The maximum atomic E-state index is 5.42. The summed E-state index contributed by atoms with van der Waals surface area (Å²) in [7, 11) is -0.00708. The summed E-state index contributed by atoms with van der Waals surface area (Å²) in [5.41, 5.74) is 0.259. The molecule has 1 rings (SSSR count). The molecule has 0 aromatic heterocycles. The average molecular weight is 182 g/mol. The third-order valence-corrected chi connectivity index (χ3v) is 1.84. The molecule has 0 N–H and O–H groups in total. The molecule has 0 bridgehead atoms. The first-order valence-corrected chi connectivity index (χ1v) is 4.99. The van der Waals surface area contributed by atoms with Crippen LogP contribution in [0, 0.1) is 5.41 Å².